The molecule has 5 nitrogen and oxygen atoms in total. The van der Waals surface area contributed by atoms with Crippen molar-refractivity contribution in [1.82, 2.24) is 10.6 Å². The predicted molar refractivity (Wildman–Crippen MR) is 85.0 cm³/mol. The zero-order valence-electron chi connectivity index (χ0n) is 13.1. The Kier molecular flexibility index (Phi) is 6.25. The van der Waals surface area contributed by atoms with E-state index >= 15 is 0 Å². The smallest absolute Gasteiger partial charge is 0.255 e. The molecule has 0 radical (unpaired) electrons. The Morgan fingerprint density at radius 3 is 2.64 bits per heavy atom. The van der Waals surface area contributed by atoms with Gasteiger partial charge in [0, 0.05) is 6.04 Å². The summed E-state index contributed by atoms with van der Waals surface area (Å²) in [6.45, 7) is 2.36. The Labute approximate surface area is 131 Å². The van der Waals surface area contributed by atoms with Crippen molar-refractivity contribution in [2.75, 3.05) is 13.2 Å². The lowest BCUT2D eigenvalue weighted by molar-refractivity contribution is -0.121. The molecule has 1 aromatic rings. The monoisotopic (exact) mass is 304 g/mol. The van der Waals surface area contributed by atoms with Crippen LogP contribution >= 0.6 is 0 Å². The molecule has 22 heavy (non-hydrogen) atoms. The number of amides is 2. The number of hydrogen-bond acceptors (Lipinski definition) is 3. The predicted octanol–water partition coefficient (Wildman–Crippen LogP) is 2.26. The second-order valence-electron chi connectivity index (χ2n) is 5.51. The van der Waals surface area contributed by atoms with Crippen molar-refractivity contribution in [2.24, 2.45) is 0 Å². The summed E-state index contributed by atoms with van der Waals surface area (Å²) >= 11 is 0. The summed E-state index contributed by atoms with van der Waals surface area (Å²) in [5.41, 5.74) is 0.454. The van der Waals surface area contributed by atoms with Gasteiger partial charge in [-0.2, -0.15) is 0 Å². The van der Waals surface area contributed by atoms with Crippen molar-refractivity contribution in [1.29, 1.82) is 0 Å². The molecule has 1 aromatic carbocycles. The van der Waals surface area contributed by atoms with Crippen LogP contribution in [-0.4, -0.2) is 31.0 Å². The molecule has 120 valence electrons. The first-order chi connectivity index (χ1) is 10.7. The number of carbonyl (C=O) groups excluding carboxylic acids is 2. The van der Waals surface area contributed by atoms with E-state index in [1.807, 2.05) is 13.0 Å². The maximum absolute atomic E-state index is 12.2. The molecule has 1 aliphatic rings. The summed E-state index contributed by atoms with van der Waals surface area (Å²) in [5.74, 6) is 0.118. The highest BCUT2D eigenvalue weighted by atomic mass is 16.5. The number of nitrogens with one attached hydrogen (secondary N) is 2. The van der Waals surface area contributed by atoms with Crippen LogP contribution in [-0.2, 0) is 4.79 Å². The van der Waals surface area contributed by atoms with Crippen LogP contribution in [0.3, 0.4) is 0 Å². The van der Waals surface area contributed by atoms with Gasteiger partial charge < -0.3 is 15.4 Å². The van der Waals surface area contributed by atoms with Crippen molar-refractivity contribution < 1.29 is 14.3 Å². The average molecular weight is 304 g/mol. The van der Waals surface area contributed by atoms with Crippen molar-refractivity contribution in [3.8, 4) is 5.75 Å². The lowest BCUT2D eigenvalue weighted by Crippen LogP contribution is -2.42. The maximum Gasteiger partial charge on any atom is 0.255 e. The Balaban J connectivity index is 1.83. The van der Waals surface area contributed by atoms with Gasteiger partial charge in [0.2, 0.25) is 5.91 Å². The van der Waals surface area contributed by atoms with Crippen LogP contribution in [0.4, 0.5) is 0 Å². The van der Waals surface area contributed by atoms with E-state index in [-0.39, 0.29) is 24.4 Å². The number of para-hydroxylation sites is 1. The van der Waals surface area contributed by atoms with E-state index in [4.69, 9.17) is 4.74 Å². The maximum atomic E-state index is 12.2. The van der Waals surface area contributed by atoms with Crippen LogP contribution in [0.15, 0.2) is 24.3 Å². The van der Waals surface area contributed by atoms with Gasteiger partial charge in [-0.15, -0.1) is 0 Å². The zero-order valence-corrected chi connectivity index (χ0v) is 13.1. The topological polar surface area (TPSA) is 67.4 Å². The summed E-state index contributed by atoms with van der Waals surface area (Å²) in [7, 11) is 0. The van der Waals surface area contributed by atoms with E-state index in [2.05, 4.69) is 10.6 Å². The Morgan fingerprint density at radius 2 is 1.91 bits per heavy atom. The molecule has 2 amide bonds. The SMILES string of the molecule is CCOc1ccccc1C(=O)NCC(=O)NC1CCCCC1. The fourth-order valence-electron chi connectivity index (χ4n) is 2.72. The molecular weight excluding hydrogens is 280 g/mol. The highest BCUT2D eigenvalue weighted by Gasteiger charge is 2.17. The zero-order chi connectivity index (χ0) is 15.8. The van der Waals surface area contributed by atoms with Gasteiger partial charge in [0.15, 0.2) is 0 Å². The molecule has 0 aromatic heterocycles. The van der Waals surface area contributed by atoms with Crippen molar-refractivity contribution in [3.63, 3.8) is 0 Å². The van der Waals surface area contributed by atoms with Gasteiger partial charge in [-0.25, -0.2) is 0 Å². The fourth-order valence-corrected chi connectivity index (χ4v) is 2.72. The first-order valence-corrected chi connectivity index (χ1v) is 8.00. The van der Waals surface area contributed by atoms with Crippen molar-refractivity contribution in [3.05, 3.63) is 29.8 Å². The average Bonchev–Trinajstić information content (AvgIpc) is 2.54. The normalized spacial score (nSPS) is 15.1. The summed E-state index contributed by atoms with van der Waals surface area (Å²) in [6, 6.07) is 7.30. The molecule has 0 aliphatic heterocycles. The molecule has 0 atom stereocenters. The first kappa shape index (κ1) is 16.3. The lowest BCUT2D eigenvalue weighted by Gasteiger charge is -2.22. The second kappa shape index (κ2) is 8.41. The molecule has 0 bridgehead atoms. The van der Waals surface area contributed by atoms with Gasteiger partial charge in [-0.1, -0.05) is 31.4 Å². The van der Waals surface area contributed by atoms with E-state index in [1.165, 1.54) is 19.3 Å². The van der Waals surface area contributed by atoms with Gasteiger partial charge in [-0.05, 0) is 31.9 Å². The Morgan fingerprint density at radius 1 is 1.18 bits per heavy atom. The van der Waals surface area contributed by atoms with Gasteiger partial charge in [0.1, 0.15) is 5.75 Å². The molecule has 1 saturated carbocycles. The summed E-state index contributed by atoms with van der Waals surface area (Å²) in [4.78, 5) is 24.1. The minimum Gasteiger partial charge on any atom is -0.493 e. The second-order valence-corrected chi connectivity index (χ2v) is 5.51. The third-order valence-electron chi connectivity index (χ3n) is 3.81. The van der Waals surface area contributed by atoms with Crippen molar-refractivity contribution in [2.45, 2.75) is 45.1 Å². The number of hydrogen-bond donors (Lipinski definition) is 2. The summed E-state index contributed by atoms with van der Waals surface area (Å²) in [6.07, 6.45) is 5.65. The number of ether oxygens (including phenoxy) is 1. The molecule has 0 saturated heterocycles. The number of rotatable bonds is 6. The third-order valence-corrected chi connectivity index (χ3v) is 3.81. The van der Waals surface area contributed by atoms with Gasteiger partial charge >= 0.3 is 0 Å². The molecule has 2 rings (SSSR count). The Bertz CT molecular complexity index is 510. The largest absolute Gasteiger partial charge is 0.493 e. The third kappa shape index (κ3) is 4.76. The molecule has 0 spiro atoms. The van der Waals surface area contributed by atoms with Crippen LogP contribution < -0.4 is 15.4 Å². The standard InChI is InChI=1S/C17H24N2O3/c1-2-22-15-11-7-6-10-14(15)17(21)18-12-16(20)19-13-8-4-3-5-9-13/h6-7,10-11,13H,2-5,8-9,12H2,1H3,(H,18,21)(H,19,20). The van der Waals surface area contributed by atoms with E-state index in [9.17, 15) is 9.59 Å². The molecule has 1 aliphatic carbocycles. The number of carbonyl (C=O) groups is 2. The fraction of sp³-hybridized carbons (Fsp3) is 0.529. The quantitative estimate of drug-likeness (QED) is 0.847. The summed E-state index contributed by atoms with van der Waals surface area (Å²) in [5, 5.41) is 5.64. The minimum atomic E-state index is -0.289. The van der Waals surface area contributed by atoms with Gasteiger partial charge in [0.25, 0.3) is 5.91 Å². The van der Waals surface area contributed by atoms with Crippen molar-refractivity contribution >= 4 is 11.8 Å². The van der Waals surface area contributed by atoms with Crippen LogP contribution in [0, 0.1) is 0 Å². The van der Waals surface area contributed by atoms with E-state index in [1.54, 1.807) is 18.2 Å². The molecule has 0 heterocycles. The van der Waals surface area contributed by atoms with Crippen LogP contribution in [0.1, 0.15) is 49.4 Å². The molecule has 1 fully saturated rings. The van der Waals surface area contributed by atoms with E-state index in [0.29, 0.717) is 17.9 Å². The molecular formula is C17H24N2O3. The highest BCUT2D eigenvalue weighted by Crippen LogP contribution is 2.18. The van der Waals surface area contributed by atoms with Crippen LogP contribution in [0.25, 0.3) is 0 Å². The lowest BCUT2D eigenvalue weighted by atomic mass is 9.95. The van der Waals surface area contributed by atoms with Crippen LogP contribution in [0.2, 0.25) is 0 Å². The van der Waals surface area contributed by atoms with Gasteiger partial charge in [0.05, 0.1) is 18.7 Å². The molecule has 0 unspecified atom stereocenters. The number of benzene rings is 1. The van der Waals surface area contributed by atoms with E-state index < -0.39 is 0 Å². The van der Waals surface area contributed by atoms with Crippen LogP contribution in [0.5, 0.6) is 5.75 Å². The summed E-state index contributed by atoms with van der Waals surface area (Å²) < 4.78 is 5.43. The molecule has 5 heteroatoms. The van der Waals surface area contributed by atoms with Gasteiger partial charge in [-0.3, -0.25) is 9.59 Å². The minimum absolute atomic E-state index is 0.00417. The Hall–Kier alpha value is -2.04. The highest BCUT2D eigenvalue weighted by molar-refractivity contribution is 5.98. The molecule has 2 N–H and O–H groups in total. The van der Waals surface area contributed by atoms with E-state index in [0.717, 1.165) is 12.8 Å². The first-order valence-electron chi connectivity index (χ1n) is 8.00.